The molecule has 36 heavy (non-hydrogen) atoms. The zero-order valence-corrected chi connectivity index (χ0v) is 19.3. The van der Waals surface area contributed by atoms with Crippen molar-refractivity contribution in [2.45, 2.75) is 26.3 Å². The number of nitrogens with one attached hydrogen (secondary N) is 1. The molecule has 0 saturated heterocycles. The summed E-state index contributed by atoms with van der Waals surface area (Å²) in [5.74, 6) is -2.52. The molecule has 6 rings (SSSR count). The number of benzene rings is 2. The normalized spacial score (nSPS) is 17.1. The zero-order valence-electron chi connectivity index (χ0n) is 22.3. The van der Waals surface area contributed by atoms with E-state index in [0.29, 0.717) is 30.0 Å². The molecule has 1 atom stereocenters. The molecule has 5 aromatic rings. The monoisotopic (exact) mass is 496 g/mol. The Kier molecular flexibility index (Phi) is 4.22. The van der Waals surface area contributed by atoms with E-state index in [1.165, 1.54) is 46.8 Å². The first-order chi connectivity index (χ1) is 18.5. The molecule has 1 N–H and O–H groups in total. The summed E-state index contributed by atoms with van der Waals surface area (Å²) in [4.78, 5) is 13.7. The number of halogens is 3. The van der Waals surface area contributed by atoms with Crippen molar-refractivity contribution in [3.05, 3.63) is 87.6 Å². The highest BCUT2D eigenvalue weighted by molar-refractivity contribution is 5.81. The van der Waals surface area contributed by atoms with Gasteiger partial charge in [-0.05, 0) is 37.6 Å². The van der Waals surface area contributed by atoms with Crippen LogP contribution in [-0.4, -0.2) is 35.2 Å². The molecule has 0 unspecified atom stereocenters. The zero-order chi connectivity index (χ0) is 27.8. The quantitative estimate of drug-likeness (QED) is 0.414. The van der Waals surface area contributed by atoms with E-state index in [0.717, 1.165) is 21.5 Å². The highest BCUT2D eigenvalue weighted by Gasteiger charge is 2.29. The molecule has 0 saturated carbocycles. The Balaban J connectivity index is 1.55. The minimum absolute atomic E-state index is 0.0548. The lowest BCUT2D eigenvalue weighted by molar-refractivity contribution is 0.501. The topological polar surface area (TPSA) is 74.6 Å². The molecule has 184 valence electrons. The van der Waals surface area contributed by atoms with E-state index < -0.39 is 30.1 Å². The Labute approximate surface area is 207 Å². The van der Waals surface area contributed by atoms with Gasteiger partial charge in [0, 0.05) is 54.1 Å². The number of imidazole rings is 1. The van der Waals surface area contributed by atoms with Crippen LogP contribution < -0.4 is 11.0 Å². The number of aromatic nitrogens is 6. The number of hydrogen-bond acceptors (Lipinski definition) is 4. The Morgan fingerprint density at radius 3 is 2.72 bits per heavy atom. The van der Waals surface area contributed by atoms with Gasteiger partial charge in [-0.25, -0.2) is 22.6 Å². The summed E-state index contributed by atoms with van der Waals surface area (Å²) in [6.45, 7) is 1.39. The van der Waals surface area contributed by atoms with E-state index in [1.54, 1.807) is 0 Å². The molecule has 8 nitrogen and oxygen atoms in total. The number of hydrogen-bond donors (Lipinski definition) is 1. The number of aryl methyl sites for hydroxylation is 2. The van der Waals surface area contributed by atoms with Crippen LogP contribution in [0, 0.1) is 24.4 Å². The van der Waals surface area contributed by atoms with Gasteiger partial charge < -0.3 is 5.32 Å². The third-order valence-corrected chi connectivity index (χ3v) is 6.59. The molecule has 0 amide bonds. The highest BCUT2D eigenvalue weighted by Crippen LogP contribution is 2.31. The van der Waals surface area contributed by atoms with Crippen molar-refractivity contribution in [2.75, 3.05) is 6.54 Å². The van der Waals surface area contributed by atoms with Gasteiger partial charge in [0.05, 0.1) is 34.2 Å². The van der Waals surface area contributed by atoms with Gasteiger partial charge in [0.15, 0.2) is 17.5 Å². The molecule has 0 radical (unpaired) electrons. The highest BCUT2D eigenvalue weighted by atomic mass is 19.2. The molecule has 1 aliphatic heterocycles. The third kappa shape index (κ3) is 3.15. The van der Waals surface area contributed by atoms with Crippen molar-refractivity contribution in [2.24, 2.45) is 6.98 Å². The van der Waals surface area contributed by atoms with Crippen LogP contribution in [0.4, 0.5) is 13.2 Å². The second-order valence-electron chi connectivity index (χ2n) is 8.79. The average Bonchev–Trinajstić information content (AvgIpc) is 3.58. The molecule has 1 aliphatic rings. The predicted molar refractivity (Wildman–Crippen MR) is 127 cm³/mol. The molecule has 2 aromatic carbocycles. The fourth-order valence-corrected chi connectivity index (χ4v) is 4.81. The summed E-state index contributed by atoms with van der Waals surface area (Å²) >= 11 is 0. The van der Waals surface area contributed by atoms with Crippen LogP contribution in [-0.2, 0) is 13.4 Å². The maximum atomic E-state index is 15.6. The van der Waals surface area contributed by atoms with Crippen LogP contribution in [0.25, 0.3) is 28.1 Å². The van der Waals surface area contributed by atoms with Crippen LogP contribution in [0.2, 0.25) is 0 Å². The average molecular weight is 497 g/mol. The number of nitrogens with zero attached hydrogens (tertiary/aromatic N) is 6. The summed E-state index contributed by atoms with van der Waals surface area (Å²) in [5.41, 5.74) is 1.02. The maximum Gasteiger partial charge on any atom is 0.338 e. The molecular weight excluding hydrogens is 471 g/mol. The molecule has 0 fully saturated rings. The maximum absolute atomic E-state index is 15.6. The van der Waals surface area contributed by atoms with Crippen molar-refractivity contribution in [3.63, 3.8) is 0 Å². The Hall–Kier alpha value is -4.12. The Morgan fingerprint density at radius 1 is 1.14 bits per heavy atom. The SMILES string of the molecule is [2H]C([2H])([2H])n1ncc2c(F)c(-n3ccn(-c4c5c(nn4-c4cc(C)c(F)c(F)c4)CCN[C@H]5C)c3=O)ccc21. The van der Waals surface area contributed by atoms with Crippen molar-refractivity contribution < 1.29 is 17.3 Å². The van der Waals surface area contributed by atoms with Crippen molar-refractivity contribution in [1.82, 2.24) is 34.0 Å². The minimum atomic E-state index is -2.60. The van der Waals surface area contributed by atoms with Gasteiger partial charge in [0.1, 0.15) is 5.82 Å². The van der Waals surface area contributed by atoms with Crippen molar-refractivity contribution >= 4 is 10.9 Å². The van der Waals surface area contributed by atoms with Crippen LogP contribution in [0.1, 0.15) is 33.9 Å². The van der Waals surface area contributed by atoms with Gasteiger partial charge in [-0.3, -0.25) is 13.8 Å². The first-order valence-electron chi connectivity index (χ1n) is 12.8. The Morgan fingerprint density at radius 2 is 1.94 bits per heavy atom. The van der Waals surface area contributed by atoms with Gasteiger partial charge in [0.2, 0.25) is 0 Å². The third-order valence-electron chi connectivity index (χ3n) is 6.59. The molecule has 3 aromatic heterocycles. The van der Waals surface area contributed by atoms with Gasteiger partial charge in [-0.1, -0.05) is 0 Å². The molecule has 4 heterocycles. The smallest absolute Gasteiger partial charge is 0.310 e. The van der Waals surface area contributed by atoms with E-state index in [4.69, 9.17) is 4.11 Å². The summed E-state index contributed by atoms with van der Waals surface area (Å²) < 4.78 is 71.3. The van der Waals surface area contributed by atoms with Crippen LogP contribution in [0.5, 0.6) is 0 Å². The van der Waals surface area contributed by atoms with E-state index in [9.17, 15) is 13.6 Å². The lowest BCUT2D eigenvalue weighted by Gasteiger charge is -2.21. The molecule has 0 spiro atoms. The van der Waals surface area contributed by atoms with Gasteiger partial charge in [-0.15, -0.1) is 0 Å². The summed E-state index contributed by atoms with van der Waals surface area (Å²) in [6.07, 6.45) is 4.48. The fourth-order valence-electron chi connectivity index (χ4n) is 4.81. The summed E-state index contributed by atoms with van der Waals surface area (Å²) in [6, 6.07) is 4.94. The number of rotatable bonds is 3. The van der Waals surface area contributed by atoms with Crippen LogP contribution >= 0.6 is 0 Å². The van der Waals surface area contributed by atoms with Gasteiger partial charge >= 0.3 is 5.69 Å². The van der Waals surface area contributed by atoms with Crippen LogP contribution in [0.15, 0.2) is 47.7 Å². The van der Waals surface area contributed by atoms with E-state index in [1.807, 2.05) is 6.92 Å². The molecular formula is C25H22F3N7O. The van der Waals surface area contributed by atoms with Crippen molar-refractivity contribution in [1.29, 1.82) is 0 Å². The Bertz CT molecular complexity index is 1810. The van der Waals surface area contributed by atoms with E-state index in [2.05, 4.69) is 15.5 Å². The summed E-state index contributed by atoms with van der Waals surface area (Å²) in [7, 11) is 0. The predicted octanol–water partition coefficient (Wildman–Crippen LogP) is 3.63. The lowest BCUT2D eigenvalue weighted by atomic mass is 10.0. The second kappa shape index (κ2) is 7.95. The first-order valence-corrected chi connectivity index (χ1v) is 11.3. The minimum Gasteiger partial charge on any atom is -0.310 e. The first kappa shape index (κ1) is 19.1. The lowest BCUT2D eigenvalue weighted by Crippen LogP contribution is -2.30. The number of fused-ring (bicyclic) bond motifs is 2. The van der Waals surface area contributed by atoms with Gasteiger partial charge in [0.25, 0.3) is 0 Å². The van der Waals surface area contributed by atoms with Crippen molar-refractivity contribution in [3.8, 4) is 17.2 Å². The second-order valence-corrected chi connectivity index (χ2v) is 8.79. The van der Waals surface area contributed by atoms with Gasteiger partial charge in [-0.2, -0.15) is 10.2 Å². The van der Waals surface area contributed by atoms with E-state index in [-0.39, 0.29) is 33.9 Å². The largest absolute Gasteiger partial charge is 0.338 e. The molecule has 0 aliphatic carbocycles. The fraction of sp³-hybridized carbons (Fsp3) is 0.240. The molecule has 0 bridgehead atoms. The van der Waals surface area contributed by atoms with Crippen LogP contribution in [0.3, 0.4) is 0 Å². The standard InChI is InChI=1S/C25H22F3N7O/c1-13-10-15(11-17(26)22(13)27)35-24(21-14(2)29-7-6-18(21)31-35)34-9-8-33(25(34)36)20-5-4-19-16(23(20)28)12-30-32(19)3/h4-5,8-12,14,29H,6-7H2,1-3H3/t14-/m0/s1/i3D3. The van der Waals surface area contributed by atoms with E-state index >= 15 is 4.39 Å². The summed E-state index contributed by atoms with van der Waals surface area (Å²) in [5, 5.41) is 11.7. The molecule has 11 heteroatoms.